The molecule has 2 aromatic rings. The van der Waals surface area contributed by atoms with Crippen LogP contribution in [0.5, 0.6) is 0 Å². The van der Waals surface area contributed by atoms with E-state index < -0.39 is 21.2 Å². The van der Waals surface area contributed by atoms with Crippen LogP contribution in [-0.2, 0) is 0 Å². The summed E-state index contributed by atoms with van der Waals surface area (Å²) in [4.78, 5) is 32.1. The number of anilines is 1. The lowest BCUT2D eigenvalue weighted by Gasteiger charge is -2.02. The predicted octanol–water partition coefficient (Wildman–Crippen LogP) is 3.96. The molecule has 0 aliphatic rings. The summed E-state index contributed by atoms with van der Waals surface area (Å²) in [6.45, 7) is 0. The number of allylic oxidation sites excluding steroid dienone is 1. The van der Waals surface area contributed by atoms with Gasteiger partial charge in [-0.05, 0) is 30.3 Å². The molecule has 0 spiro atoms. The molecule has 0 saturated heterocycles. The number of ketones is 1. The summed E-state index contributed by atoms with van der Waals surface area (Å²) in [5.74, 6) is -0.330. The van der Waals surface area contributed by atoms with Crippen LogP contribution in [0.15, 0.2) is 54.7 Å². The summed E-state index contributed by atoms with van der Waals surface area (Å²) in [7, 11) is 0. The maximum absolute atomic E-state index is 11.9. The number of nitrogens with one attached hydrogen (secondary N) is 1. The number of non-ortho nitro benzene ring substituents is 1. The molecule has 2 aromatic carbocycles. The van der Waals surface area contributed by atoms with Crippen LogP contribution in [0.4, 0.5) is 17.1 Å². The normalized spacial score (nSPS) is 10.5. The SMILES string of the molecule is O=C(C=CNc1ccc([N+](=O)[O-])cc1[N+](=O)[O-])c1ccc(Cl)cc1. The summed E-state index contributed by atoms with van der Waals surface area (Å²) in [5, 5.41) is 24.7. The van der Waals surface area contributed by atoms with Crippen LogP contribution in [0.1, 0.15) is 10.4 Å². The lowest BCUT2D eigenvalue weighted by Crippen LogP contribution is -1.99. The number of halogens is 1. The van der Waals surface area contributed by atoms with Gasteiger partial charge in [0.1, 0.15) is 5.69 Å². The smallest absolute Gasteiger partial charge is 0.299 e. The Morgan fingerprint density at radius 2 is 1.71 bits per heavy atom. The number of carbonyl (C=O) groups is 1. The Morgan fingerprint density at radius 3 is 2.29 bits per heavy atom. The first-order valence-corrected chi connectivity index (χ1v) is 6.92. The Morgan fingerprint density at radius 1 is 1.04 bits per heavy atom. The van der Waals surface area contributed by atoms with Crippen molar-refractivity contribution in [2.24, 2.45) is 0 Å². The maximum atomic E-state index is 11.9. The first-order chi connectivity index (χ1) is 11.4. The molecule has 24 heavy (non-hydrogen) atoms. The van der Waals surface area contributed by atoms with Crippen LogP contribution in [0.2, 0.25) is 5.02 Å². The highest BCUT2D eigenvalue weighted by atomic mass is 35.5. The Balaban J connectivity index is 2.16. The van der Waals surface area contributed by atoms with Gasteiger partial charge in [0.2, 0.25) is 0 Å². The Hall–Kier alpha value is -3.26. The number of hydrogen-bond donors (Lipinski definition) is 1. The topological polar surface area (TPSA) is 115 Å². The van der Waals surface area contributed by atoms with Gasteiger partial charge < -0.3 is 5.32 Å². The molecule has 0 unspecified atom stereocenters. The molecule has 1 N–H and O–H groups in total. The second kappa shape index (κ2) is 7.34. The van der Waals surface area contributed by atoms with Crippen molar-refractivity contribution in [3.8, 4) is 0 Å². The number of benzene rings is 2. The molecule has 0 atom stereocenters. The number of hydrogen-bond acceptors (Lipinski definition) is 6. The molecule has 0 aromatic heterocycles. The number of rotatable bonds is 6. The van der Waals surface area contributed by atoms with Gasteiger partial charge in [-0.15, -0.1) is 0 Å². The van der Waals surface area contributed by atoms with E-state index in [0.29, 0.717) is 10.6 Å². The Bertz CT molecular complexity index is 834. The van der Waals surface area contributed by atoms with Crippen LogP contribution in [0, 0.1) is 20.2 Å². The fraction of sp³-hybridized carbons (Fsp3) is 0. The van der Waals surface area contributed by atoms with Crippen molar-refractivity contribution < 1.29 is 14.6 Å². The average Bonchev–Trinajstić information content (AvgIpc) is 2.55. The minimum absolute atomic E-state index is 0.0331. The molecule has 0 radical (unpaired) electrons. The van der Waals surface area contributed by atoms with Gasteiger partial charge in [-0.3, -0.25) is 25.0 Å². The highest BCUT2D eigenvalue weighted by molar-refractivity contribution is 6.30. The molecular formula is C15H10ClN3O5. The number of nitrogens with zero attached hydrogens (tertiary/aromatic N) is 2. The molecule has 0 aliphatic heterocycles. The Kier molecular flexibility index (Phi) is 5.23. The molecule has 122 valence electrons. The van der Waals surface area contributed by atoms with E-state index in [-0.39, 0.29) is 11.5 Å². The average molecular weight is 348 g/mol. The van der Waals surface area contributed by atoms with E-state index in [2.05, 4.69) is 5.32 Å². The summed E-state index contributed by atoms with van der Waals surface area (Å²) in [5.41, 5.74) is -0.428. The number of carbonyl (C=O) groups excluding carboxylic acids is 1. The van der Waals surface area contributed by atoms with Gasteiger partial charge in [0.05, 0.1) is 15.9 Å². The van der Waals surface area contributed by atoms with Crippen molar-refractivity contribution >= 4 is 34.4 Å². The summed E-state index contributed by atoms with van der Waals surface area (Å²) in [6, 6.07) is 9.40. The van der Waals surface area contributed by atoms with Crippen LogP contribution < -0.4 is 5.32 Å². The first-order valence-electron chi connectivity index (χ1n) is 6.54. The van der Waals surface area contributed by atoms with Gasteiger partial charge in [0.25, 0.3) is 11.4 Å². The van der Waals surface area contributed by atoms with Gasteiger partial charge in [0.15, 0.2) is 5.78 Å². The molecule has 0 bridgehead atoms. The third-order valence-electron chi connectivity index (χ3n) is 2.99. The third kappa shape index (κ3) is 4.14. The van der Waals surface area contributed by atoms with Crippen LogP contribution in [-0.4, -0.2) is 15.6 Å². The van der Waals surface area contributed by atoms with E-state index in [9.17, 15) is 25.0 Å². The van der Waals surface area contributed by atoms with Crippen molar-refractivity contribution in [3.63, 3.8) is 0 Å². The van der Waals surface area contributed by atoms with E-state index in [1.165, 1.54) is 18.3 Å². The Labute approximate surface area is 140 Å². The van der Waals surface area contributed by atoms with E-state index in [0.717, 1.165) is 12.1 Å². The van der Waals surface area contributed by atoms with E-state index in [1.54, 1.807) is 24.3 Å². The zero-order chi connectivity index (χ0) is 17.7. The molecule has 8 nitrogen and oxygen atoms in total. The molecule has 0 heterocycles. The zero-order valence-corrected chi connectivity index (χ0v) is 12.8. The van der Waals surface area contributed by atoms with E-state index >= 15 is 0 Å². The van der Waals surface area contributed by atoms with Gasteiger partial charge in [0, 0.05) is 28.9 Å². The van der Waals surface area contributed by atoms with Gasteiger partial charge in [-0.2, -0.15) is 0 Å². The monoisotopic (exact) mass is 347 g/mol. The minimum atomic E-state index is -0.746. The van der Waals surface area contributed by atoms with E-state index in [1.807, 2.05) is 0 Å². The quantitative estimate of drug-likeness (QED) is 0.366. The second-order valence-corrected chi connectivity index (χ2v) is 5.00. The molecule has 0 fully saturated rings. The van der Waals surface area contributed by atoms with Crippen LogP contribution in [0.3, 0.4) is 0 Å². The molecular weight excluding hydrogens is 338 g/mol. The van der Waals surface area contributed by atoms with Crippen molar-refractivity contribution in [3.05, 3.63) is 85.6 Å². The maximum Gasteiger partial charge on any atom is 0.299 e. The van der Waals surface area contributed by atoms with Crippen molar-refractivity contribution in [2.45, 2.75) is 0 Å². The summed E-state index contributed by atoms with van der Waals surface area (Å²) < 4.78 is 0. The predicted molar refractivity (Wildman–Crippen MR) is 88.3 cm³/mol. The van der Waals surface area contributed by atoms with Crippen LogP contribution in [0.25, 0.3) is 0 Å². The number of nitro benzene ring substituents is 2. The summed E-state index contributed by atoms with van der Waals surface area (Å²) in [6.07, 6.45) is 2.42. The largest absolute Gasteiger partial charge is 0.356 e. The highest BCUT2D eigenvalue weighted by Crippen LogP contribution is 2.28. The van der Waals surface area contributed by atoms with Gasteiger partial charge in [-0.1, -0.05) is 11.6 Å². The molecule has 0 aliphatic carbocycles. The van der Waals surface area contributed by atoms with Crippen molar-refractivity contribution in [1.29, 1.82) is 0 Å². The fourth-order valence-corrected chi connectivity index (χ4v) is 1.95. The van der Waals surface area contributed by atoms with Gasteiger partial charge in [-0.25, -0.2) is 0 Å². The molecule has 2 rings (SSSR count). The standard InChI is InChI=1S/C15H10ClN3O5/c16-11-3-1-10(2-4-11)15(20)7-8-17-13-6-5-12(18(21)22)9-14(13)19(23)24/h1-9,17H. The van der Waals surface area contributed by atoms with E-state index in [4.69, 9.17) is 11.6 Å². The van der Waals surface area contributed by atoms with Crippen molar-refractivity contribution in [1.82, 2.24) is 0 Å². The third-order valence-corrected chi connectivity index (χ3v) is 3.24. The fourth-order valence-electron chi connectivity index (χ4n) is 1.82. The van der Waals surface area contributed by atoms with Crippen LogP contribution >= 0.6 is 11.6 Å². The lowest BCUT2D eigenvalue weighted by atomic mass is 10.1. The van der Waals surface area contributed by atoms with Gasteiger partial charge >= 0.3 is 0 Å². The minimum Gasteiger partial charge on any atom is -0.356 e. The zero-order valence-electron chi connectivity index (χ0n) is 12.0. The summed E-state index contributed by atoms with van der Waals surface area (Å²) >= 11 is 5.73. The molecule has 0 amide bonds. The number of nitro groups is 2. The second-order valence-electron chi connectivity index (χ2n) is 4.56. The molecule has 0 saturated carbocycles. The van der Waals surface area contributed by atoms with Crippen molar-refractivity contribution in [2.75, 3.05) is 5.32 Å². The highest BCUT2D eigenvalue weighted by Gasteiger charge is 2.18. The lowest BCUT2D eigenvalue weighted by molar-refractivity contribution is -0.393. The molecule has 9 heteroatoms. The first kappa shape index (κ1) is 17.1.